The first kappa shape index (κ1) is 17.6. The van der Waals surface area contributed by atoms with Crippen LogP contribution in [0.25, 0.3) is 22.1 Å². The molecule has 3 heterocycles. The molecule has 0 bridgehead atoms. The summed E-state index contributed by atoms with van der Waals surface area (Å²) in [7, 11) is 1.55. The molecule has 4 aromatic rings. The number of hydrogen-bond acceptors (Lipinski definition) is 6. The Labute approximate surface area is 166 Å². The predicted octanol–water partition coefficient (Wildman–Crippen LogP) is 5.69. The number of furan rings is 2. The van der Waals surface area contributed by atoms with Gasteiger partial charge in [0.05, 0.1) is 25.2 Å². The second kappa shape index (κ2) is 7.42. The van der Waals surface area contributed by atoms with Crippen molar-refractivity contribution in [2.75, 3.05) is 12.4 Å². The lowest BCUT2D eigenvalue weighted by molar-refractivity contribution is 0.102. The van der Waals surface area contributed by atoms with E-state index < -0.39 is 0 Å². The van der Waals surface area contributed by atoms with Crippen molar-refractivity contribution in [3.05, 3.63) is 65.0 Å². The molecule has 136 valence electrons. The maximum atomic E-state index is 12.7. The Hall–Kier alpha value is -2.84. The van der Waals surface area contributed by atoms with Gasteiger partial charge in [0, 0.05) is 4.47 Å². The number of nitrogens with zero attached hydrogens (tertiary/aromatic N) is 1. The number of rotatable bonds is 5. The molecular weight excluding hydrogens is 432 g/mol. The van der Waals surface area contributed by atoms with Gasteiger partial charge in [-0.15, -0.1) is 0 Å². The van der Waals surface area contributed by atoms with E-state index >= 15 is 0 Å². The summed E-state index contributed by atoms with van der Waals surface area (Å²) in [5.74, 6) is 1.55. The van der Waals surface area contributed by atoms with E-state index in [1.165, 1.54) is 11.3 Å². The monoisotopic (exact) mass is 444 g/mol. The summed E-state index contributed by atoms with van der Waals surface area (Å²) in [6.45, 7) is 0. The van der Waals surface area contributed by atoms with Gasteiger partial charge >= 0.3 is 0 Å². The maximum Gasteiger partial charge on any atom is 0.258 e. The molecule has 0 atom stereocenters. The fraction of sp³-hybridized carbons (Fsp3) is 0.0526. The molecule has 0 radical (unpaired) electrons. The van der Waals surface area contributed by atoms with E-state index in [9.17, 15) is 4.79 Å². The average Bonchev–Trinajstić information content (AvgIpc) is 3.42. The lowest BCUT2D eigenvalue weighted by Crippen LogP contribution is -2.12. The lowest BCUT2D eigenvalue weighted by Gasteiger charge is -2.06. The number of benzene rings is 1. The highest BCUT2D eigenvalue weighted by molar-refractivity contribution is 9.10. The summed E-state index contributed by atoms with van der Waals surface area (Å²) in [4.78, 5) is 18.0. The Balaban J connectivity index is 1.69. The fourth-order valence-electron chi connectivity index (χ4n) is 2.50. The van der Waals surface area contributed by atoms with Crippen LogP contribution in [0.3, 0.4) is 0 Å². The Morgan fingerprint density at radius 3 is 2.56 bits per heavy atom. The number of anilines is 1. The van der Waals surface area contributed by atoms with Gasteiger partial charge in [0.1, 0.15) is 22.1 Å². The van der Waals surface area contributed by atoms with Gasteiger partial charge < -0.3 is 13.6 Å². The number of ether oxygens (including phenoxy) is 1. The van der Waals surface area contributed by atoms with E-state index in [2.05, 4.69) is 26.2 Å². The third kappa shape index (κ3) is 3.54. The van der Waals surface area contributed by atoms with E-state index in [0.717, 1.165) is 4.88 Å². The Kier molecular flexibility index (Phi) is 4.83. The van der Waals surface area contributed by atoms with Gasteiger partial charge in [0.25, 0.3) is 5.91 Å². The highest BCUT2D eigenvalue weighted by Crippen LogP contribution is 2.39. The summed E-state index contributed by atoms with van der Waals surface area (Å²) in [5, 5.41) is 3.27. The van der Waals surface area contributed by atoms with Gasteiger partial charge in [0.2, 0.25) is 0 Å². The van der Waals surface area contributed by atoms with E-state index in [4.69, 9.17) is 13.6 Å². The number of aromatic nitrogens is 1. The first-order chi connectivity index (χ1) is 13.2. The number of halogens is 1. The van der Waals surface area contributed by atoms with Crippen LogP contribution in [0.2, 0.25) is 0 Å². The zero-order valence-corrected chi connectivity index (χ0v) is 16.5. The van der Waals surface area contributed by atoms with Gasteiger partial charge in [-0.3, -0.25) is 10.1 Å². The summed E-state index contributed by atoms with van der Waals surface area (Å²) in [6, 6.07) is 12.4. The molecule has 4 rings (SSSR count). The quantitative estimate of drug-likeness (QED) is 0.427. The zero-order valence-electron chi connectivity index (χ0n) is 14.1. The Bertz CT molecular complexity index is 1020. The molecule has 27 heavy (non-hydrogen) atoms. The maximum absolute atomic E-state index is 12.7. The number of nitrogens with one attached hydrogen (secondary N) is 1. The third-order valence-electron chi connectivity index (χ3n) is 3.77. The highest BCUT2D eigenvalue weighted by atomic mass is 79.9. The molecule has 0 unspecified atom stereocenters. The minimum Gasteiger partial charge on any atom is -0.497 e. The molecule has 3 aromatic heterocycles. The van der Waals surface area contributed by atoms with Gasteiger partial charge in [-0.05, 0) is 58.4 Å². The van der Waals surface area contributed by atoms with E-state index in [0.29, 0.717) is 38.1 Å². The molecule has 6 nitrogen and oxygen atoms in total. The van der Waals surface area contributed by atoms with Crippen LogP contribution >= 0.6 is 27.3 Å². The average molecular weight is 445 g/mol. The standard InChI is InChI=1S/C19H13BrN2O4S/c1-24-11-6-7-13(20)12(10-11)18(23)22-19-21-16(14-4-2-8-25-14)17(27-19)15-5-3-9-26-15/h2-10H,1H3,(H,21,22,23). The second-order valence-corrected chi connectivity index (χ2v) is 7.30. The minimum atomic E-state index is -0.300. The number of carbonyl (C=O) groups is 1. The molecular formula is C19H13BrN2O4S. The number of carbonyl (C=O) groups excluding carboxylic acids is 1. The van der Waals surface area contributed by atoms with Crippen LogP contribution in [-0.4, -0.2) is 18.0 Å². The lowest BCUT2D eigenvalue weighted by atomic mass is 10.2. The van der Waals surface area contributed by atoms with Crippen molar-refractivity contribution in [1.82, 2.24) is 4.98 Å². The summed E-state index contributed by atoms with van der Waals surface area (Å²) < 4.78 is 16.8. The van der Waals surface area contributed by atoms with E-state index in [-0.39, 0.29) is 5.91 Å². The first-order valence-electron chi connectivity index (χ1n) is 7.89. The SMILES string of the molecule is COc1ccc(Br)c(C(=O)Nc2nc(-c3ccco3)c(-c3ccco3)s2)c1. The number of methoxy groups -OCH3 is 1. The van der Waals surface area contributed by atoms with Crippen molar-refractivity contribution in [2.24, 2.45) is 0 Å². The molecule has 0 aliphatic heterocycles. The van der Waals surface area contributed by atoms with Crippen LogP contribution in [0.5, 0.6) is 5.75 Å². The van der Waals surface area contributed by atoms with Crippen molar-refractivity contribution in [1.29, 1.82) is 0 Å². The fourth-order valence-corrected chi connectivity index (χ4v) is 3.86. The van der Waals surface area contributed by atoms with Crippen molar-refractivity contribution in [2.45, 2.75) is 0 Å². The van der Waals surface area contributed by atoms with Gasteiger partial charge in [-0.2, -0.15) is 0 Å². The third-order valence-corrected chi connectivity index (χ3v) is 5.44. The van der Waals surface area contributed by atoms with Crippen LogP contribution in [0.1, 0.15) is 10.4 Å². The topological polar surface area (TPSA) is 77.5 Å². The normalized spacial score (nSPS) is 10.7. The number of hydrogen-bond donors (Lipinski definition) is 1. The zero-order chi connectivity index (χ0) is 18.8. The smallest absolute Gasteiger partial charge is 0.258 e. The van der Waals surface area contributed by atoms with Crippen LogP contribution in [0.4, 0.5) is 5.13 Å². The van der Waals surface area contributed by atoms with Crippen LogP contribution in [0.15, 0.2) is 68.3 Å². The minimum absolute atomic E-state index is 0.300. The van der Waals surface area contributed by atoms with Gasteiger partial charge in [-0.1, -0.05) is 11.3 Å². The van der Waals surface area contributed by atoms with E-state index in [1.54, 1.807) is 50.0 Å². The first-order valence-corrected chi connectivity index (χ1v) is 9.50. The largest absolute Gasteiger partial charge is 0.497 e. The summed E-state index contributed by atoms with van der Waals surface area (Å²) in [6.07, 6.45) is 3.17. The van der Waals surface area contributed by atoms with Gasteiger partial charge in [-0.25, -0.2) is 4.98 Å². The Morgan fingerprint density at radius 1 is 1.15 bits per heavy atom. The predicted molar refractivity (Wildman–Crippen MR) is 106 cm³/mol. The molecule has 0 aliphatic rings. The molecule has 0 fully saturated rings. The molecule has 0 saturated heterocycles. The molecule has 1 amide bonds. The molecule has 1 N–H and O–H groups in total. The van der Waals surface area contributed by atoms with Gasteiger partial charge in [0.15, 0.2) is 10.9 Å². The summed E-state index contributed by atoms with van der Waals surface area (Å²) >= 11 is 4.70. The number of thiazole rings is 1. The molecule has 0 aliphatic carbocycles. The highest BCUT2D eigenvalue weighted by Gasteiger charge is 2.21. The van der Waals surface area contributed by atoms with Crippen molar-refractivity contribution in [3.63, 3.8) is 0 Å². The Morgan fingerprint density at radius 2 is 1.89 bits per heavy atom. The van der Waals surface area contributed by atoms with E-state index in [1.807, 2.05) is 12.1 Å². The molecule has 0 spiro atoms. The number of amides is 1. The summed E-state index contributed by atoms with van der Waals surface area (Å²) in [5.41, 5.74) is 1.06. The van der Waals surface area contributed by atoms with Crippen molar-refractivity contribution < 1.29 is 18.4 Å². The molecule has 1 aromatic carbocycles. The van der Waals surface area contributed by atoms with Crippen LogP contribution < -0.4 is 10.1 Å². The molecule has 8 heteroatoms. The van der Waals surface area contributed by atoms with Crippen molar-refractivity contribution >= 4 is 38.3 Å². The van der Waals surface area contributed by atoms with Crippen LogP contribution in [-0.2, 0) is 0 Å². The van der Waals surface area contributed by atoms with Crippen LogP contribution in [0, 0.1) is 0 Å². The molecule has 0 saturated carbocycles. The second-order valence-electron chi connectivity index (χ2n) is 5.45. The van der Waals surface area contributed by atoms with Crippen molar-refractivity contribution in [3.8, 4) is 27.8 Å².